The lowest BCUT2D eigenvalue weighted by Crippen LogP contribution is -2.33. The Labute approximate surface area is 87.4 Å². The van der Waals surface area contributed by atoms with Gasteiger partial charge in [0.25, 0.3) is 5.69 Å². The molecule has 1 saturated carbocycles. The molecule has 0 bridgehead atoms. The molecule has 4 nitrogen and oxygen atoms in total. The number of nitrogens with one attached hydrogen (secondary N) is 1. The maximum Gasteiger partial charge on any atom is 0.269 e. The van der Waals surface area contributed by atoms with Gasteiger partial charge in [-0.05, 0) is 24.0 Å². The number of benzene rings is 1. The first-order valence-electron chi connectivity index (χ1n) is 5.20. The van der Waals surface area contributed by atoms with Crippen molar-refractivity contribution in [2.45, 2.75) is 24.8 Å². The molecule has 3 rings (SSSR count). The number of hydrogen-bond donors (Lipinski definition) is 1. The zero-order valence-electron chi connectivity index (χ0n) is 8.32. The minimum atomic E-state index is -0.325. The number of nitro benzene ring substituents is 1. The normalized spacial score (nSPS) is 21.1. The molecule has 0 unspecified atom stereocenters. The third kappa shape index (κ3) is 1.25. The van der Waals surface area contributed by atoms with Gasteiger partial charge in [-0.2, -0.15) is 0 Å². The van der Waals surface area contributed by atoms with Crippen molar-refractivity contribution in [1.82, 2.24) is 5.32 Å². The summed E-state index contributed by atoms with van der Waals surface area (Å²) in [7, 11) is 0. The van der Waals surface area contributed by atoms with Crippen LogP contribution in [0.15, 0.2) is 18.2 Å². The van der Waals surface area contributed by atoms with Crippen LogP contribution in [0.2, 0.25) is 0 Å². The quantitative estimate of drug-likeness (QED) is 0.560. The van der Waals surface area contributed by atoms with Crippen molar-refractivity contribution in [2.75, 3.05) is 6.54 Å². The molecule has 1 N–H and O–H groups in total. The van der Waals surface area contributed by atoms with Crippen molar-refractivity contribution in [3.8, 4) is 0 Å². The van der Waals surface area contributed by atoms with Crippen molar-refractivity contribution in [3.63, 3.8) is 0 Å². The summed E-state index contributed by atoms with van der Waals surface area (Å²) in [4.78, 5) is 10.3. The highest BCUT2D eigenvalue weighted by Gasteiger charge is 2.46. The van der Waals surface area contributed by atoms with Crippen LogP contribution in [0.5, 0.6) is 0 Å². The molecule has 0 amide bonds. The van der Waals surface area contributed by atoms with Gasteiger partial charge in [0.2, 0.25) is 0 Å². The molecule has 1 heterocycles. The summed E-state index contributed by atoms with van der Waals surface area (Å²) in [6.07, 6.45) is 2.43. The van der Waals surface area contributed by atoms with E-state index < -0.39 is 0 Å². The van der Waals surface area contributed by atoms with Gasteiger partial charge in [0.05, 0.1) is 4.92 Å². The molecule has 1 spiro atoms. The summed E-state index contributed by atoms with van der Waals surface area (Å²) in [5.41, 5.74) is 2.94. The molecule has 1 aliphatic heterocycles. The van der Waals surface area contributed by atoms with Gasteiger partial charge in [-0.1, -0.05) is 6.07 Å². The van der Waals surface area contributed by atoms with E-state index in [0.29, 0.717) is 5.41 Å². The van der Waals surface area contributed by atoms with E-state index in [4.69, 9.17) is 0 Å². The number of rotatable bonds is 1. The van der Waals surface area contributed by atoms with E-state index in [9.17, 15) is 10.1 Å². The lowest BCUT2D eigenvalue weighted by Gasteiger charge is -2.25. The minimum Gasteiger partial charge on any atom is -0.312 e. The Hall–Kier alpha value is -1.42. The molecule has 4 heteroatoms. The van der Waals surface area contributed by atoms with E-state index in [1.807, 2.05) is 6.07 Å². The van der Waals surface area contributed by atoms with Crippen molar-refractivity contribution >= 4 is 5.69 Å². The summed E-state index contributed by atoms with van der Waals surface area (Å²) in [6.45, 7) is 1.79. The van der Waals surface area contributed by atoms with Crippen molar-refractivity contribution < 1.29 is 4.92 Å². The Morgan fingerprint density at radius 1 is 1.40 bits per heavy atom. The molecule has 78 valence electrons. The Kier molecular flexibility index (Phi) is 1.65. The number of non-ortho nitro benzene ring substituents is 1. The maximum atomic E-state index is 10.6. The molecular formula is C11H12N2O2. The smallest absolute Gasteiger partial charge is 0.269 e. The number of hydrogen-bond acceptors (Lipinski definition) is 3. The predicted molar refractivity (Wildman–Crippen MR) is 55.7 cm³/mol. The Bertz CT molecular complexity index is 438. The second-order valence-corrected chi connectivity index (χ2v) is 4.48. The fraction of sp³-hybridized carbons (Fsp3) is 0.455. The summed E-state index contributed by atoms with van der Waals surface area (Å²) >= 11 is 0. The van der Waals surface area contributed by atoms with Gasteiger partial charge in [-0.25, -0.2) is 0 Å². The molecule has 1 aromatic rings. The van der Waals surface area contributed by atoms with Crippen molar-refractivity contribution in [1.29, 1.82) is 0 Å². The van der Waals surface area contributed by atoms with Crippen molar-refractivity contribution in [3.05, 3.63) is 39.4 Å². The zero-order valence-corrected chi connectivity index (χ0v) is 8.32. The predicted octanol–water partition coefficient (Wildman–Crippen LogP) is 1.73. The van der Waals surface area contributed by atoms with Crippen LogP contribution in [0.1, 0.15) is 24.0 Å². The fourth-order valence-electron chi connectivity index (χ4n) is 2.49. The second-order valence-electron chi connectivity index (χ2n) is 4.48. The van der Waals surface area contributed by atoms with Crippen LogP contribution in [0, 0.1) is 10.1 Å². The second kappa shape index (κ2) is 2.79. The molecule has 2 aliphatic rings. The van der Waals surface area contributed by atoms with Gasteiger partial charge in [0.1, 0.15) is 0 Å². The first kappa shape index (κ1) is 8.85. The standard InChI is InChI=1S/C11H12N2O2/c14-13(15)9-1-2-10-8(5-9)6-12-7-11(10)3-4-11/h1-2,5,12H,3-4,6-7H2. The molecule has 0 radical (unpaired) electrons. The molecule has 1 aromatic carbocycles. The van der Waals surface area contributed by atoms with Gasteiger partial charge in [-0.3, -0.25) is 10.1 Å². The molecule has 0 saturated heterocycles. The number of nitro groups is 1. The molecular weight excluding hydrogens is 192 g/mol. The fourth-order valence-corrected chi connectivity index (χ4v) is 2.49. The Morgan fingerprint density at radius 3 is 2.87 bits per heavy atom. The van der Waals surface area contributed by atoms with Crippen LogP contribution in [0.25, 0.3) is 0 Å². The van der Waals surface area contributed by atoms with Gasteiger partial charge in [0, 0.05) is 30.6 Å². The molecule has 0 atom stereocenters. The summed E-state index contributed by atoms with van der Waals surface area (Å²) in [5, 5.41) is 14.0. The zero-order chi connectivity index (χ0) is 10.5. The summed E-state index contributed by atoms with van der Waals surface area (Å²) < 4.78 is 0. The van der Waals surface area contributed by atoms with E-state index in [1.165, 1.54) is 18.4 Å². The van der Waals surface area contributed by atoms with E-state index in [0.717, 1.165) is 18.7 Å². The van der Waals surface area contributed by atoms with E-state index in [1.54, 1.807) is 12.1 Å². The number of fused-ring (bicyclic) bond motifs is 2. The highest BCUT2D eigenvalue weighted by Crippen LogP contribution is 2.50. The third-order valence-electron chi connectivity index (χ3n) is 3.50. The highest BCUT2D eigenvalue weighted by atomic mass is 16.6. The maximum absolute atomic E-state index is 10.6. The molecule has 1 aliphatic carbocycles. The van der Waals surface area contributed by atoms with Crippen LogP contribution in [0.4, 0.5) is 5.69 Å². The Balaban J connectivity index is 2.09. The summed E-state index contributed by atoms with van der Waals surface area (Å²) in [5.74, 6) is 0. The molecule has 15 heavy (non-hydrogen) atoms. The molecule has 1 fully saturated rings. The van der Waals surface area contributed by atoms with Gasteiger partial charge in [0.15, 0.2) is 0 Å². The number of nitrogens with zero attached hydrogens (tertiary/aromatic N) is 1. The monoisotopic (exact) mass is 204 g/mol. The average Bonchev–Trinajstić information content (AvgIpc) is 2.98. The first-order valence-corrected chi connectivity index (χ1v) is 5.20. The van der Waals surface area contributed by atoms with Gasteiger partial charge < -0.3 is 5.32 Å². The largest absolute Gasteiger partial charge is 0.312 e. The topological polar surface area (TPSA) is 55.2 Å². The highest BCUT2D eigenvalue weighted by molar-refractivity contribution is 5.47. The lowest BCUT2D eigenvalue weighted by molar-refractivity contribution is -0.384. The van der Waals surface area contributed by atoms with Crippen LogP contribution < -0.4 is 5.32 Å². The van der Waals surface area contributed by atoms with E-state index >= 15 is 0 Å². The van der Waals surface area contributed by atoms with Gasteiger partial charge in [-0.15, -0.1) is 0 Å². The van der Waals surface area contributed by atoms with Crippen LogP contribution in [-0.2, 0) is 12.0 Å². The lowest BCUT2D eigenvalue weighted by atomic mass is 9.88. The average molecular weight is 204 g/mol. The minimum absolute atomic E-state index is 0.202. The van der Waals surface area contributed by atoms with E-state index in [2.05, 4.69) is 5.32 Å². The first-order chi connectivity index (χ1) is 7.21. The van der Waals surface area contributed by atoms with Crippen LogP contribution in [-0.4, -0.2) is 11.5 Å². The van der Waals surface area contributed by atoms with E-state index in [-0.39, 0.29) is 10.6 Å². The molecule has 0 aromatic heterocycles. The SMILES string of the molecule is O=[N+]([O-])c1ccc2c(c1)CNCC21CC1. The third-order valence-corrected chi connectivity index (χ3v) is 3.50. The van der Waals surface area contributed by atoms with Crippen LogP contribution >= 0.6 is 0 Å². The Morgan fingerprint density at radius 2 is 2.20 bits per heavy atom. The van der Waals surface area contributed by atoms with Gasteiger partial charge >= 0.3 is 0 Å². The van der Waals surface area contributed by atoms with Crippen molar-refractivity contribution in [2.24, 2.45) is 0 Å². The summed E-state index contributed by atoms with van der Waals surface area (Å²) in [6, 6.07) is 5.28. The van der Waals surface area contributed by atoms with Crippen LogP contribution in [0.3, 0.4) is 0 Å².